The van der Waals surface area contributed by atoms with Gasteiger partial charge in [0, 0.05) is 6.54 Å². The Morgan fingerprint density at radius 3 is 2.65 bits per heavy atom. The van der Waals surface area contributed by atoms with Crippen LogP contribution in [0.5, 0.6) is 5.75 Å². The van der Waals surface area contributed by atoms with Crippen LogP contribution in [0.1, 0.15) is 25.2 Å². The van der Waals surface area contributed by atoms with Crippen molar-refractivity contribution < 1.29 is 13.2 Å². The molecule has 0 aliphatic heterocycles. The van der Waals surface area contributed by atoms with Crippen LogP contribution in [0.15, 0.2) is 17.4 Å². The molecule has 0 saturated carbocycles. The molecular weight excluding hydrogens is 318 g/mol. The normalized spacial score (nSPS) is 11.7. The summed E-state index contributed by atoms with van der Waals surface area (Å²) in [5.74, 6) is 0.706. The molecule has 8 nitrogen and oxygen atoms in total. The lowest BCUT2D eigenvalue weighted by Crippen LogP contribution is -2.17. The van der Waals surface area contributed by atoms with E-state index in [4.69, 9.17) is 4.74 Å². The van der Waals surface area contributed by atoms with Gasteiger partial charge in [0.15, 0.2) is 11.6 Å². The molecule has 0 amide bonds. The Kier molecular flexibility index (Phi) is 4.88. The van der Waals surface area contributed by atoms with Crippen molar-refractivity contribution in [2.24, 2.45) is 5.92 Å². The van der Waals surface area contributed by atoms with E-state index in [2.05, 4.69) is 33.6 Å². The number of rotatable bonds is 6. The lowest BCUT2D eigenvalue weighted by molar-refractivity contribution is 0.413. The van der Waals surface area contributed by atoms with Crippen LogP contribution in [0.2, 0.25) is 0 Å². The smallest absolute Gasteiger partial charge is 0.266 e. The van der Waals surface area contributed by atoms with Gasteiger partial charge in [0.05, 0.1) is 24.7 Å². The number of anilines is 1. The summed E-state index contributed by atoms with van der Waals surface area (Å²) in [4.78, 5) is 7.89. The zero-order valence-corrected chi connectivity index (χ0v) is 14.7. The number of nitrogens with zero attached hydrogens (tertiary/aromatic N) is 4. The molecule has 0 aliphatic rings. The monoisotopic (exact) mass is 339 g/mol. The van der Waals surface area contributed by atoms with E-state index >= 15 is 0 Å². The summed E-state index contributed by atoms with van der Waals surface area (Å²) < 4.78 is 34.7. The Labute approximate surface area is 136 Å². The highest BCUT2D eigenvalue weighted by molar-refractivity contribution is 7.92. The zero-order chi connectivity index (χ0) is 17.2. The van der Waals surface area contributed by atoms with Crippen molar-refractivity contribution in [1.29, 1.82) is 0 Å². The summed E-state index contributed by atoms with van der Waals surface area (Å²) >= 11 is 0. The van der Waals surface area contributed by atoms with Gasteiger partial charge in [-0.3, -0.25) is 9.40 Å². The van der Waals surface area contributed by atoms with E-state index in [0.29, 0.717) is 23.9 Å². The molecule has 23 heavy (non-hydrogen) atoms. The quantitative estimate of drug-likeness (QED) is 0.861. The molecule has 2 rings (SSSR count). The van der Waals surface area contributed by atoms with E-state index in [9.17, 15) is 8.42 Å². The first kappa shape index (κ1) is 17.2. The minimum absolute atomic E-state index is 0.0953. The second-order valence-corrected chi connectivity index (χ2v) is 7.24. The van der Waals surface area contributed by atoms with Crippen molar-refractivity contribution in [2.45, 2.75) is 39.1 Å². The Morgan fingerprint density at radius 2 is 2.04 bits per heavy atom. The summed E-state index contributed by atoms with van der Waals surface area (Å²) in [5, 5.41) is 4.33. The molecule has 0 saturated heterocycles. The van der Waals surface area contributed by atoms with Gasteiger partial charge in [0.1, 0.15) is 11.2 Å². The summed E-state index contributed by atoms with van der Waals surface area (Å²) in [7, 11) is -2.40. The number of aryl methyl sites for hydroxylation is 1. The van der Waals surface area contributed by atoms with Crippen molar-refractivity contribution in [2.75, 3.05) is 11.8 Å². The maximum absolute atomic E-state index is 12.7. The molecule has 2 aromatic rings. The predicted octanol–water partition coefficient (Wildman–Crippen LogP) is 1.76. The molecule has 2 heterocycles. The van der Waals surface area contributed by atoms with E-state index in [-0.39, 0.29) is 16.5 Å². The number of nitrogens with one attached hydrogen (secondary N) is 1. The number of hydrogen-bond acceptors (Lipinski definition) is 6. The lowest BCUT2D eigenvalue weighted by atomic mass is 10.2. The van der Waals surface area contributed by atoms with Crippen molar-refractivity contribution in [3.63, 3.8) is 0 Å². The maximum atomic E-state index is 12.7. The second-order valence-electron chi connectivity index (χ2n) is 5.62. The fourth-order valence-corrected chi connectivity index (χ4v) is 3.75. The Hall–Kier alpha value is -2.16. The minimum atomic E-state index is -3.83. The molecule has 0 aromatic carbocycles. The molecule has 0 radical (unpaired) electrons. The molecule has 0 bridgehead atoms. The van der Waals surface area contributed by atoms with Gasteiger partial charge >= 0.3 is 0 Å². The number of sulfonamides is 1. The van der Waals surface area contributed by atoms with Gasteiger partial charge in [0.25, 0.3) is 10.0 Å². The highest BCUT2D eigenvalue weighted by Crippen LogP contribution is 2.26. The predicted molar refractivity (Wildman–Crippen MR) is 85.9 cm³/mol. The van der Waals surface area contributed by atoms with Gasteiger partial charge in [-0.15, -0.1) is 0 Å². The lowest BCUT2D eigenvalue weighted by Gasteiger charge is -2.11. The molecule has 9 heteroatoms. The Morgan fingerprint density at radius 1 is 1.35 bits per heavy atom. The fourth-order valence-electron chi connectivity index (χ4n) is 2.31. The van der Waals surface area contributed by atoms with Crippen LogP contribution in [0.3, 0.4) is 0 Å². The van der Waals surface area contributed by atoms with Gasteiger partial charge in [-0.05, 0) is 19.8 Å². The average Bonchev–Trinajstić information content (AvgIpc) is 2.73. The van der Waals surface area contributed by atoms with E-state index in [1.165, 1.54) is 19.6 Å². The Bertz CT molecular complexity index is 799. The molecular formula is C14H21N5O3S. The van der Waals surface area contributed by atoms with E-state index in [1.807, 2.05) is 0 Å². The third-order valence-electron chi connectivity index (χ3n) is 3.25. The molecule has 0 unspecified atom stereocenters. The van der Waals surface area contributed by atoms with Gasteiger partial charge in [-0.2, -0.15) is 5.10 Å². The van der Waals surface area contributed by atoms with E-state index in [0.717, 1.165) is 0 Å². The van der Waals surface area contributed by atoms with Crippen LogP contribution in [0.4, 0.5) is 5.82 Å². The van der Waals surface area contributed by atoms with Crippen molar-refractivity contribution in [3.05, 3.63) is 23.9 Å². The number of hydrogen-bond donors (Lipinski definition) is 1. The SMILES string of the molecule is COc1cncnc1NS(=O)(=O)c1c(C)nn(CC(C)C)c1C. The molecule has 1 N–H and O–H groups in total. The summed E-state index contributed by atoms with van der Waals surface area (Å²) in [6, 6.07) is 0. The average molecular weight is 339 g/mol. The fraction of sp³-hybridized carbons (Fsp3) is 0.500. The minimum Gasteiger partial charge on any atom is -0.491 e. The van der Waals surface area contributed by atoms with Crippen LogP contribution in [-0.4, -0.2) is 35.3 Å². The number of aromatic nitrogens is 4. The summed E-state index contributed by atoms with van der Waals surface area (Å²) in [6.07, 6.45) is 2.65. The highest BCUT2D eigenvalue weighted by Gasteiger charge is 2.26. The van der Waals surface area contributed by atoms with Gasteiger partial charge in [-0.25, -0.2) is 18.4 Å². The van der Waals surface area contributed by atoms with Gasteiger partial charge in [-0.1, -0.05) is 13.8 Å². The third kappa shape index (κ3) is 3.61. The topological polar surface area (TPSA) is 99.0 Å². The molecule has 0 fully saturated rings. The molecule has 0 spiro atoms. The van der Waals surface area contributed by atoms with Crippen LogP contribution in [-0.2, 0) is 16.6 Å². The first-order valence-corrected chi connectivity index (χ1v) is 8.65. The first-order valence-electron chi connectivity index (χ1n) is 7.17. The van der Waals surface area contributed by atoms with Crippen LogP contribution in [0, 0.1) is 19.8 Å². The van der Waals surface area contributed by atoms with Crippen molar-refractivity contribution >= 4 is 15.8 Å². The second kappa shape index (κ2) is 6.53. The van der Waals surface area contributed by atoms with Gasteiger partial charge < -0.3 is 4.74 Å². The van der Waals surface area contributed by atoms with E-state index < -0.39 is 10.0 Å². The summed E-state index contributed by atoms with van der Waals surface area (Å²) in [6.45, 7) is 8.17. The highest BCUT2D eigenvalue weighted by atomic mass is 32.2. The number of ether oxygens (including phenoxy) is 1. The van der Waals surface area contributed by atoms with Gasteiger partial charge in [0.2, 0.25) is 0 Å². The Balaban J connectivity index is 2.42. The largest absolute Gasteiger partial charge is 0.491 e. The van der Waals surface area contributed by atoms with Crippen molar-refractivity contribution in [3.8, 4) is 5.75 Å². The third-order valence-corrected chi connectivity index (χ3v) is 4.84. The zero-order valence-electron chi connectivity index (χ0n) is 13.9. The molecule has 0 atom stereocenters. The maximum Gasteiger partial charge on any atom is 0.266 e. The van der Waals surface area contributed by atoms with Crippen molar-refractivity contribution in [1.82, 2.24) is 19.7 Å². The first-order chi connectivity index (χ1) is 10.8. The van der Waals surface area contributed by atoms with Crippen LogP contribution < -0.4 is 9.46 Å². The number of methoxy groups -OCH3 is 1. The van der Waals surface area contributed by atoms with E-state index in [1.54, 1.807) is 18.5 Å². The standard InChI is InChI=1S/C14H21N5O3S/c1-9(2)7-19-11(4)13(10(3)17-19)23(20,21)18-14-12(22-5)6-15-8-16-14/h6,8-9H,7H2,1-5H3,(H,15,16,18). The van der Waals surface area contributed by atoms with Crippen LogP contribution in [0.25, 0.3) is 0 Å². The van der Waals surface area contributed by atoms with Crippen LogP contribution >= 0.6 is 0 Å². The summed E-state index contributed by atoms with van der Waals surface area (Å²) in [5.41, 5.74) is 1.04. The molecule has 126 valence electrons. The molecule has 2 aromatic heterocycles. The molecule has 0 aliphatic carbocycles.